The number of fused-ring (bicyclic) bond motifs is 6. The summed E-state index contributed by atoms with van der Waals surface area (Å²) >= 11 is 0. The summed E-state index contributed by atoms with van der Waals surface area (Å²) in [6, 6.07) is 46.6. The van der Waals surface area contributed by atoms with Gasteiger partial charge in [-0.3, -0.25) is 0 Å². The molecule has 0 atom stereocenters. The van der Waals surface area contributed by atoms with E-state index in [9.17, 15) is 0 Å². The minimum atomic E-state index is 0.849. The number of hydrogen-bond donors (Lipinski definition) is 0. The molecule has 0 fully saturated rings. The van der Waals surface area contributed by atoms with Gasteiger partial charge >= 0.3 is 0 Å². The molecule has 0 aliphatic heterocycles. The fraction of sp³-hybridized carbons (Fsp3) is 0.0455. The lowest BCUT2D eigenvalue weighted by Crippen LogP contribution is -1.84. The largest absolute Gasteiger partial charge is 0.455 e. The summed E-state index contributed by atoms with van der Waals surface area (Å²) in [5.41, 5.74) is 11.4. The predicted octanol–water partition coefficient (Wildman–Crippen LogP) is 13.2. The molecule has 0 saturated carbocycles. The molecule has 0 unspecified atom stereocenters. The Morgan fingerprint density at radius 1 is 0.522 bits per heavy atom. The third-order valence-corrected chi connectivity index (χ3v) is 8.34. The summed E-state index contributed by atoms with van der Waals surface area (Å²) in [5.74, 6) is 0. The standard InChI is InChI=1S/C36H22O2.C8H12/c1-3-10-23(11-4-1)25-14-9-15-27(20-25)34-35-30(28-16-7-8-17-32(28)37-35)22-31-29-21-26(24-12-5-2-6-13-24)18-19-33(29)38-36(31)34;1-4-6-7-8(3)5-2/h1-22H;4-7H,2H2,1,3H3/b;6-4-,8-7-. The first-order valence-electron chi connectivity index (χ1n) is 15.6. The molecule has 0 saturated heterocycles. The van der Waals surface area contributed by atoms with Crippen molar-refractivity contribution in [2.75, 3.05) is 0 Å². The van der Waals surface area contributed by atoms with Crippen molar-refractivity contribution in [3.05, 3.63) is 170 Å². The Morgan fingerprint density at radius 3 is 1.76 bits per heavy atom. The third-order valence-electron chi connectivity index (χ3n) is 8.34. The van der Waals surface area contributed by atoms with E-state index in [4.69, 9.17) is 8.83 Å². The van der Waals surface area contributed by atoms with Crippen molar-refractivity contribution in [1.82, 2.24) is 0 Å². The van der Waals surface area contributed by atoms with Crippen molar-refractivity contribution in [2.45, 2.75) is 13.8 Å². The molecule has 222 valence electrons. The molecule has 2 aromatic heterocycles. The van der Waals surface area contributed by atoms with E-state index in [1.807, 2.05) is 62.4 Å². The van der Waals surface area contributed by atoms with Gasteiger partial charge in [0.1, 0.15) is 22.3 Å². The molecule has 46 heavy (non-hydrogen) atoms. The molecule has 2 nitrogen and oxygen atoms in total. The summed E-state index contributed by atoms with van der Waals surface area (Å²) < 4.78 is 13.1. The lowest BCUT2D eigenvalue weighted by atomic mass is 9.95. The van der Waals surface area contributed by atoms with Crippen molar-refractivity contribution >= 4 is 43.9 Å². The monoisotopic (exact) mass is 594 g/mol. The van der Waals surface area contributed by atoms with E-state index in [1.165, 1.54) is 22.3 Å². The molecule has 0 spiro atoms. The van der Waals surface area contributed by atoms with Gasteiger partial charge in [0.2, 0.25) is 0 Å². The average Bonchev–Trinajstić information content (AvgIpc) is 3.68. The van der Waals surface area contributed by atoms with Gasteiger partial charge in [-0.05, 0) is 72.0 Å². The minimum Gasteiger partial charge on any atom is -0.455 e. The van der Waals surface area contributed by atoms with Crippen LogP contribution in [0.3, 0.4) is 0 Å². The first-order valence-corrected chi connectivity index (χ1v) is 15.6. The van der Waals surface area contributed by atoms with E-state index in [0.29, 0.717) is 0 Å². The zero-order valence-electron chi connectivity index (χ0n) is 26.0. The topological polar surface area (TPSA) is 26.3 Å². The van der Waals surface area contributed by atoms with Crippen LogP contribution in [-0.4, -0.2) is 0 Å². The number of para-hydroxylation sites is 1. The van der Waals surface area contributed by atoms with Crippen LogP contribution in [0.15, 0.2) is 179 Å². The second kappa shape index (κ2) is 12.6. The van der Waals surface area contributed by atoms with Gasteiger partial charge in [-0.25, -0.2) is 0 Å². The van der Waals surface area contributed by atoms with E-state index in [1.54, 1.807) is 0 Å². The van der Waals surface area contributed by atoms with Crippen LogP contribution in [0, 0.1) is 0 Å². The predicted molar refractivity (Wildman–Crippen MR) is 196 cm³/mol. The van der Waals surface area contributed by atoms with E-state index in [-0.39, 0.29) is 0 Å². The van der Waals surface area contributed by atoms with Gasteiger partial charge in [-0.2, -0.15) is 0 Å². The maximum atomic E-state index is 6.62. The summed E-state index contributed by atoms with van der Waals surface area (Å²) in [6.07, 6.45) is 7.84. The van der Waals surface area contributed by atoms with Crippen LogP contribution in [0.25, 0.3) is 77.3 Å². The number of rotatable bonds is 5. The highest BCUT2D eigenvalue weighted by Crippen LogP contribution is 2.45. The van der Waals surface area contributed by atoms with Crippen LogP contribution < -0.4 is 0 Å². The summed E-state index contributed by atoms with van der Waals surface area (Å²) in [4.78, 5) is 0. The molecule has 2 heteroatoms. The molecule has 0 aliphatic carbocycles. The minimum absolute atomic E-state index is 0.849. The first kappa shape index (κ1) is 28.9. The van der Waals surface area contributed by atoms with Gasteiger partial charge in [0.15, 0.2) is 0 Å². The lowest BCUT2D eigenvalue weighted by Gasteiger charge is -2.08. The molecular formula is C44H34O2. The van der Waals surface area contributed by atoms with Gasteiger partial charge in [0, 0.05) is 21.5 Å². The van der Waals surface area contributed by atoms with E-state index >= 15 is 0 Å². The van der Waals surface area contributed by atoms with Crippen molar-refractivity contribution in [1.29, 1.82) is 0 Å². The molecule has 0 radical (unpaired) electrons. The molecule has 6 aromatic carbocycles. The second-order valence-corrected chi connectivity index (χ2v) is 11.4. The molecule has 0 aliphatic rings. The zero-order valence-corrected chi connectivity index (χ0v) is 26.0. The maximum Gasteiger partial charge on any atom is 0.147 e. The van der Waals surface area contributed by atoms with Crippen LogP contribution >= 0.6 is 0 Å². The van der Waals surface area contributed by atoms with Gasteiger partial charge in [-0.15, -0.1) is 0 Å². The van der Waals surface area contributed by atoms with E-state index in [2.05, 4.69) is 116 Å². The third kappa shape index (κ3) is 5.46. The zero-order chi connectivity index (χ0) is 31.5. The Hall–Kier alpha value is -5.86. The smallest absolute Gasteiger partial charge is 0.147 e. The Morgan fingerprint density at radius 2 is 1.09 bits per heavy atom. The van der Waals surface area contributed by atoms with Crippen LogP contribution in [0.5, 0.6) is 0 Å². The SMILES string of the molecule is C=C/C(C)=C\C=C/C.c1ccc(-c2cccc(-c3c4oc5ccccc5c4cc4c3oc3ccc(-c5ccccc5)cc34)c2)cc1. The Balaban J connectivity index is 0.000000378. The van der Waals surface area contributed by atoms with Crippen molar-refractivity contribution < 1.29 is 8.83 Å². The Kier molecular flexibility index (Phi) is 7.93. The highest BCUT2D eigenvalue weighted by molar-refractivity contribution is 6.22. The molecule has 8 aromatic rings. The highest BCUT2D eigenvalue weighted by Gasteiger charge is 2.21. The van der Waals surface area contributed by atoms with Crippen molar-refractivity contribution in [3.63, 3.8) is 0 Å². The normalized spacial score (nSPS) is 11.8. The van der Waals surface area contributed by atoms with E-state index in [0.717, 1.165) is 60.6 Å². The average molecular weight is 595 g/mol. The van der Waals surface area contributed by atoms with Gasteiger partial charge < -0.3 is 8.83 Å². The summed E-state index contributed by atoms with van der Waals surface area (Å²) in [7, 11) is 0. The quantitative estimate of drug-likeness (QED) is 0.185. The summed E-state index contributed by atoms with van der Waals surface area (Å²) in [6.45, 7) is 7.63. The second-order valence-electron chi connectivity index (χ2n) is 11.4. The van der Waals surface area contributed by atoms with Crippen LogP contribution in [-0.2, 0) is 0 Å². The molecule has 0 bridgehead atoms. The number of benzene rings is 6. The van der Waals surface area contributed by atoms with Crippen LogP contribution in [0.2, 0.25) is 0 Å². The number of allylic oxidation sites excluding steroid dienone is 5. The van der Waals surface area contributed by atoms with Crippen LogP contribution in [0.4, 0.5) is 0 Å². The lowest BCUT2D eigenvalue weighted by molar-refractivity contribution is 0.658. The summed E-state index contributed by atoms with van der Waals surface area (Å²) in [5, 5.41) is 4.41. The van der Waals surface area contributed by atoms with Gasteiger partial charge in [0.25, 0.3) is 0 Å². The first-order chi connectivity index (χ1) is 22.6. The van der Waals surface area contributed by atoms with Gasteiger partial charge in [-0.1, -0.05) is 140 Å². The van der Waals surface area contributed by atoms with E-state index < -0.39 is 0 Å². The fourth-order valence-electron chi connectivity index (χ4n) is 5.96. The molecule has 0 N–H and O–H groups in total. The van der Waals surface area contributed by atoms with Crippen molar-refractivity contribution in [2.24, 2.45) is 0 Å². The molecule has 0 amide bonds. The van der Waals surface area contributed by atoms with Crippen LogP contribution in [0.1, 0.15) is 13.8 Å². The Bertz CT molecular complexity index is 2380. The number of hydrogen-bond acceptors (Lipinski definition) is 2. The highest BCUT2D eigenvalue weighted by atomic mass is 16.3. The Labute approximate surface area is 269 Å². The number of furan rings is 2. The fourth-order valence-corrected chi connectivity index (χ4v) is 5.96. The maximum absolute atomic E-state index is 6.62. The molecule has 2 heterocycles. The van der Waals surface area contributed by atoms with Gasteiger partial charge in [0.05, 0.1) is 5.56 Å². The molecule has 8 rings (SSSR count). The van der Waals surface area contributed by atoms with Crippen molar-refractivity contribution in [3.8, 4) is 33.4 Å². The molecular weight excluding hydrogens is 560 g/mol.